The Morgan fingerprint density at radius 3 is 2.27 bits per heavy atom. The van der Waals surface area contributed by atoms with E-state index in [9.17, 15) is 52.9 Å². The highest BCUT2D eigenvalue weighted by Gasteiger charge is 2.59. The number of allylic oxidation sites excluding steroid dienone is 2. The van der Waals surface area contributed by atoms with Crippen LogP contribution in [0.4, 0.5) is 8.78 Å². The van der Waals surface area contributed by atoms with Crippen LogP contribution in [0.5, 0.6) is 5.75 Å². The maximum Gasteiger partial charge on any atom is 0.303 e. The summed E-state index contributed by atoms with van der Waals surface area (Å²) in [7, 11) is 0. The molecule has 5 aliphatic carbocycles. The molecule has 11 nitrogen and oxygen atoms in total. The quantitative estimate of drug-likeness (QED) is 0.0227. The van der Waals surface area contributed by atoms with Crippen LogP contribution >= 0.6 is 0 Å². The van der Waals surface area contributed by atoms with Gasteiger partial charge in [0.15, 0.2) is 29.0 Å². The third-order valence-corrected chi connectivity index (χ3v) is 19.5. The molecule has 1 aliphatic heterocycles. The number of hydrogen-bond donors (Lipinski definition) is 4. The SMILES string of the molecule is Cc1cc(C(=O)C[C@@H](CCC(=O)O)C(=O)N[C@@H](CCC(=O)O)C(=O)CCCCC[C@H]2CCC3(C)C(=CC[C@@H]4C3CCC3(C)C4CCC3[C@H](C)CCCC(C)C)C2)ccc1-c1c2cc(F)c(=O)cc-2oc2cc(O)c(F)cc12. The van der Waals surface area contributed by atoms with Crippen LogP contribution in [0.25, 0.3) is 33.4 Å². The van der Waals surface area contributed by atoms with Gasteiger partial charge in [-0.05, 0) is 159 Å². The number of unbranched alkanes of at least 4 members (excludes halogenated alkanes) is 2. The maximum absolute atomic E-state index is 14.8. The first-order valence-corrected chi connectivity index (χ1v) is 28.8. The molecule has 1 heterocycles. The van der Waals surface area contributed by atoms with Crippen LogP contribution in [-0.2, 0) is 19.2 Å². The summed E-state index contributed by atoms with van der Waals surface area (Å²) in [6.45, 7) is 14.1. The summed E-state index contributed by atoms with van der Waals surface area (Å²) in [6.07, 6.45) is 19.0. The van der Waals surface area contributed by atoms with Crippen molar-refractivity contribution in [2.24, 2.45) is 58.2 Å². The first-order chi connectivity index (χ1) is 36.6. The smallest absolute Gasteiger partial charge is 0.303 e. The molecule has 3 fully saturated rings. The largest absolute Gasteiger partial charge is 0.505 e. The lowest BCUT2D eigenvalue weighted by molar-refractivity contribution is -0.139. The number of ketones is 2. The molecular weight excluding hydrogens is 981 g/mol. The third-order valence-electron chi connectivity index (χ3n) is 19.5. The van der Waals surface area contributed by atoms with Crippen molar-refractivity contribution in [3.05, 3.63) is 87.1 Å². The predicted octanol–water partition coefficient (Wildman–Crippen LogP) is 14.4. The van der Waals surface area contributed by atoms with Gasteiger partial charge in [0, 0.05) is 65.8 Å². The van der Waals surface area contributed by atoms with E-state index < -0.39 is 71.2 Å². The first-order valence-electron chi connectivity index (χ1n) is 28.8. The molecule has 1 amide bonds. The summed E-state index contributed by atoms with van der Waals surface area (Å²) in [5, 5.41) is 32.1. The summed E-state index contributed by atoms with van der Waals surface area (Å²) in [6, 6.07) is 7.42. The van der Waals surface area contributed by atoms with Gasteiger partial charge in [0.1, 0.15) is 11.3 Å². The minimum absolute atomic E-state index is 0.0156. The fourth-order valence-corrected chi connectivity index (χ4v) is 15.2. The number of carboxylic acids is 2. The lowest BCUT2D eigenvalue weighted by Gasteiger charge is -2.58. The number of carboxylic acid groups (broad SMARTS) is 2. The molecule has 13 heteroatoms. The molecule has 8 rings (SSSR count). The van der Waals surface area contributed by atoms with Crippen LogP contribution in [0.15, 0.2) is 63.3 Å². The number of rotatable bonds is 24. The van der Waals surface area contributed by atoms with Crippen LogP contribution in [0.3, 0.4) is 0 Å². The van der Waals surface area contributed by atoms with E-state index in [0.29, 0.717) is 28.9 Å². The van der Waals surface area contributed by atoms with Crippen molar-refractivity contribution in [1.29, 1.82) is 0 Å². The van der Waals surface area contributed by atoms with E-state index in [2.05, 4.69) is 46.0 Å². The van der Waals surface area contributed by atoms with Gasteiger partial charge in [-0.3, -0.25) is 28.8 Å². The number of aryl methyl sites for hydroxylation is 1. The van der Waals surface area contributed by atoms with Crippen molar-refractivity contribution in [1.82, 2.24) is 5.32 Å². The number of aliphatic carboxylic acids is 2. The highest BCUT2D eigenvalue weighted by atomic mass is 19.1. The van der Waals surface area contributed by atoms with Crippen LogP contribution < -0.4 is 10.7 Å². The Morgan fingerprint density at radius 2 is 1.55 bits per heavy atom. The average molecular weight is 1060 g/mol. The molecule has 0 bridgehead atoms. The molecule has 0 spiro atoms. The van der Waals surface area contributed by atoms with Gasteiger partial charge in [0.2, 0.25) is 11.3 Å². The van der Waals surface area contributed by atoms with Crippen molar-refractivity contribution in [3.8, 4) is 28.2 Å². The second-order valence-corrected chi connectivity index (χ2v) is 24.8. The van der Waals surface area contributed by atoms with Crippen molar-refractivity contribution < 1.29 is 52.5 Å². The number of halogens is 2. The lowest BCUT2D eigenvalue weighted by Crippen LogP contribution is -2.50. The highest BCUT2D eigenvalue weighted by molar-refractivity contribution is 6.04. The third kappa shape index (κ3) is 12.6. The van der Waals surface area contributed by atoms with Crippen LogP contribution in [0.2, 0.25) is 0 Å². The molecule has 4 N–H and O–H groups in total. The zero-order valence-corrected chi connectivity index (χ0v) is 46.1. The van der Waals surface area contributed by atoms with Crippen molar-refractivity contribution in [2.45, 2.75) is 182 Å². The summed E-state index contributed by atoms with van der Waals surface area (Å²) >= 11 is 0. The van der Waals surface area contributed by atoms with E-state index in [0.717, 1.165) is 85.5 Å². The highest BCUT2D eigenvalue weighted by Crippen LogP contribution is 2.68. The zero-order valence-electron chi connectivity index (χ0n) is 46.1. The number of hydrogen-bond acceptors (Lipinski definition) is 8. The van der Waals surface area contributed by atoms with E-state index >= 15 is 0 Å². The number of aromatic hydroxyl groups is 1. The molecule has 6 aliphatic rings. The minimum Gasteiger partial charge on any atom is -0.505 e. The normalized spacial score (nSPS) is 25.1. The van der Waals surface area contributed by atoms with Crippen LogP contribution in [0.1, 0.15) is 185 Å². The van der Waals surface area contributed by atoms with Gasteiger partial charge >= 0.3 is 11.9 Å². The number of phenolic OH excluding ortho intramolecular Hbond substituents is 1. The van der Waals surface area contributed by atoms with E-state index in [4.69, 9.17) is 4.42 Å². The summed E-state index contributed by atoms with van der Waals surface area (Å²) in [5.74, 6) is -2.37. The van der Waals surface area contributed by atoms with Crippen molar-refractivity contribution >= 4 is 40.4 Å². The van der Waals surface area contributed by atoms with Gasteiger partial charge in [-0.25, -0.2) is 8.78 Å². The number of phenols is 1. The fourth-order valence-electron chi connectivity index (χ4n) is 15.2. The monoisotopic (exact) mass is 1060 g/mol. The summed E-state index contributed by atoms with van der Waals surface area (Å²) in [4.78, 5) is 77.4. The van der Waals surface area contributed by atoms with Crippen LogP contribution in [-0.4, -0.2) is 50.8 Å². The lowest BCUT2D eigenvalue weighted by atomic mass is 9.46. The Bertz CT molecular complexity index is 2920. The standard InChI is InChI=1S/C64H81F2NO10/c1-36(2)11-10-12-37(3)47-20-21-48-44-19-17-42-30-39(25-27-63(42,5)49(44)26-28-64(47,48)6)13-8-7-9-14-53(68)52(22-24-60(74)75)67-62(76)41(16-23-59(72)73)31-54(69)40-15-18-43(38(4)29-40)61-45-32-50(65)55(70)34-57(45)77-58-35-56(71)51(66)33-46(58)61/h15,17-18,29,32-37,39,41,44,47-49,52,70H,7-14,16,19-28,30-31H2,1-6H3,(H,67,76)(H,72,73)(H,74,75)/t37-,39+,41-,44+,47?,48?,49?,52+,63?,64?/m1/s1. The van der Waals surface area contributed by atoms with Gasteiger partial charge in [0.05, 0.1) is 6.04 Å². The Kier molecular flexibility index (Phi) is 18.0. The number of Topliss-reactive ketones (excluding diaryl/α,β-unsaturated/α-hetero) is 2. The Balaban J connectivity index is 0.863. The van der Waals surface area contributed by atoms with Gasteiger partial charge in [0.25, 0.3) is 0 Å². The molecule has 0 radical (unpaired) electrons. The molecule has 2 aromatic rings. The topological polar surface area (TPSA) is 188 Å². The second kappa shape index (κ2) is 24.1. The van der Waals surface area contributed by atoms with Crippen molar-refractivity contribution in [2.75, 3.05) is 0 Å². The Labute approximate surface area is 452 Å². The molecule has 2 aromatic carbocycles. The zero-order chi connectivity index (χ0) is 55.5. The minimum atomic E-state index is -1.19. The van der Waals surface area contributed by atoms with Gasteiger partial charge in [-0.2, -0.15) is 0 Å². The number of carbonyl (C=O) groups excluding carboxylic acids is 3. The van der Waals surface area contributed by atoms with E-state index in [1.54, 1.807) is 18.6 Å². The first kappa shape index (κ1) is 57.5. The fraction of sp³-hybridized carbons (Fsp3) is 0.594. The summed E-state index contributed by atoms with van der Waals surface area (Å²) in [5.41, 5.74) is 2.99. The van der Waals surface area contributed by atoms with E-state index in [1.165, 1.54) is 76.3 Å². The van der Waals surface area contributed by atoms with Gasteiger partial charge in [-0.15, -0.1) is 0 Å². The molecule has 0 aromatic heterocycles. The van der Waals surface area contributed by atoms with Gasteiger partial charge < -0.3 is 25.1 Å². The number of benzene rings is 3. The number of fused-ring (bicyclic) bond motifs is 7. The number of amides is 1. The van der Waals surface area contributed by atoms with Crippen LogP contribution in [0, 0.1) is 76.7 Å². The Hall–Kier alpha value is -5.72. The molecule has 10 atom stereocenters. The molecular formula is C64H81F2NO10. The summed E-state index contributed by atoms with van der Waals surface area (Å²) < 4.78 is 35.3. The van der Waals surface area contributed by atoms with Gasteiger partial charge in [-0.1, -0.05) is 96.9 Å². The maximum atomic E-state index is 14.8. The molecule has 77 heavy (non-hydrogen) atoms. The molecule has 5 unspecified atom stereocenters. The van der Waals surface area contributed by atoms with E-state index in [-0.39, 0.29) is 70.3 Å². The molecule has 416 valence electrons. The number of nitrogens with one attached hydrogen (secondary N) is 1. The Morgan fingerprint density at radius 1 is 0.792 bits per heavy atom. The average Bonchev–Trinajstić information content (AvgIpc) is 4.01. The predicted molar refractivity (Wildman–Crippen MR) is 294 cm³/mol. The van der Waals surface area contributed by atoms with E-state index in [1.807, 2.05) is 0 Å². The second-order valence-electron chi connectivity index (χ2n) is 24.8. The van der Waals surface area contributed by atoms with Crippen molar-refractivity contribution in [3.63, 3.8) is 0 Å². The molecule has 0 saturated heterocycles. The molecule has 3 saturated carbocycles. The number of carbonyl (C=O) groups is 5.